The normalized spacial score (nSPS) is 21.1. The minimum atomic E-state index is -3.35. The van der Waals surface area contributed by atoms with Gasteiger partial charge in [0.1, 0.15) is 0 Å². The van der Waals surface area contributed by atoms with Gasteiger partial charge in [0.05, 0.1) is 6.04 Å². The van der Waals surface area contributed by atoms with Crippen LogP contribution in [0, 0.1) is 0 Å². The summed E-state index contributed by atoms with van der Waals surface area (Å²) in [5.74, 6) is 0. The SMILES string of the molecule is CN(C)S(=O)(=O)N1CCCC1c1ccc(C(C)(C)C)cc1. The molecule has 1 heterocycles. The van der Waals surface area contributed by atoms with Crippen molar-refractivity contribution in [1.29, 1.82) is 0 Å². The Bertz CT molecular complexity index is 586. The first kappa shape index (κ1) is 16.5. The van der Waals surface area contributed by atoms with Gasteiger partial charge in [0.2, 0.25) is 0 Å². The van der Waals surface area contributed by atoms with Gasteiger partial charge in [0.25, 0.3) is 10.2 Å². The Morgan fingerprint density at radius 2 is 1.71 bits per heavy atom. The van der Waals surface area contributed by atoms with Crippen LogP contribution in [0.5, 0.6) is 0 Å². The Hall–Kier alpha value is -0.910. The van der Waals surface area contributed by atoms with Crippen molar-refractivity contribution in [1.82, 2.24) is 8.61 Å². The molecule has 1 fully saturated rings. The van der Waals surface area contributed by atoms with Gasteiger partial charge >= 0.3 is 0 Å². The second-order valence-electron chi connectivity index (χ2n) is 6.93. The molecule has 1 saturated heterocycles. The average Bonchev–Trinajstić information content (AvgIpc) is 2.87. The van der Waals surface area contributed by atoms with Gasteiger partial charge in [-0.15, -0.1) is 0 Å². The molecule has 118 valence electrons. The Kier molecular flexibility index (Phi) is 4.47. The summed E-state index contributed by atoms with van der Waals surface area (Å²) in [6.45, 7) is 7.15. The van der Waals surface area contributed by atoms with Crippen LogP contribution in [0.25, 0.3) is 0 Å². The molecule has 1 aliphatic heterocycles. The lowest BCUT2D eigenvalue weighted by Crippen LogP contribution is -2.39. The molecule has 0 aromatic heterocycles. The Balaban J connectivity index is 2.29. The highest BCUT2D eigenvalue weighted by Crippen LogP contribution is 2.35. The fourth-order valence-electron chi connectivity index (χ4n) is 2.76. The van der Waals surface area contributed by atoms with E-state index in [4.69, 9.17) is 0 Å². The largest absolute Gasteiger partial charge is 0.282 e. The van der Waals surface area contributed by atoms with Gasteiger partial charge in [-0.1, -0.05) is 45.0 Å². The number of nitrogens with zero attached hydrogens (tertiary/aromatic N) is 2. The molecule has 5 heteroatoms. The zero-order valence-electron chi connectivity index (χ0n) is 13.6. The monoisotopic (exact) mass is 310 g/mol. The smallest absolute Gasteiger partial charge is 0.195 e. The molecule has 1 atom stereocenters. The summed E-state index contributed by atoms with van der Waals surface area (Å²) in [6, 6.07) is 8.36. The van der Waals surface area contributed by atoms with Crippen molar-refractivity contribution < 1.29 is 8.42 Å². The van der Waals surface area contributed by atoms with Gasteiger partial charge in [0.15, 0.2) is 0 Å². The molecule has 0 spiro atoms. The van der Waals surface area contributed by atoms with Gasteiger partial charge in [-0.05, 0) is 29.4 Å². The Morgan fingerprint density at radius 1 is 1.14 bits per heavy atom. The molecule has 2 rings (SSSR count). The molecule has 0 amide bonds. The Morgan fingerprint density at radius 3 is 2.19 bits per heavy atom. The van der Waals surface area contributed by atoms with Crippen molar-refractivity contribution in [3.8, 4) is 0 Å². The summed E-state index contributed by atoms with van der Waals surface area (Å²) < 4.78 is 27.7. The zero-order valence-corrected chi connectivity index (χ0v) is 14.4. The summed E-state index contributed by atoms with van der Waals surface area (Å²) in [4.78, 5) is 0. The molecule has 21 heavy (non-hydrogen) atoms. The van der Waals surface area contributed by atoms with Crippen LogP contribution in [0.3, 0.4) is 0 Å². The summed E-state index contributed by atoms with van der Waals surface area (Å²) >= 11 is 0. The van der Waals surface area contributed by atoms with E-state index < -0.39 is 10.2 Å². The molecule has 0 N–H and O–H groups in total. The van der Waals surface area contributed by atoms with Crippen molar-refractivity contribution in [3.05, 3.63) is 35.4 Å². The van der Waals surface area contributed by atoms with E-state index in [9.17, 15) is 8.42 Å². The average molecular weight is 310 g/mol. The third-order valence-electron chi connectivity index (χ3n) is 4.12. The van der Waals surface area contributed by atoms with Crippen LogP contribution in [0.4, 0.5) is 0 Å². The highest BCUT2D eigenvalue weighted by atomic mass is 32.2. The minimum absolute atomic E-state index is 0.0357. The van der Waals surface area contributed by atoms with E-state index in [0.717, 1.165) is 18.4 Å². The number of rotatable bonds is 3. The van der Waals surface area contributed by atoms with E-state index in [1.165, 1.54) is 9.87 Å². The molecule has 4 nitrogen and oxygen atoms in total. The third-order valence-corrected chi connectivity index (χ3v) is 6.08. The summed E-state index contributed by atoms with van der Waals surface area (Å²) in [6.07, 6.45) is 1.81. The molecule has 1 aromatic carbocycles. The summed E-state index contributed by atoms with van der Waals surface area (Å²) in [5, 5.41) is 0. The fraction of sp³-hybridized carbons (Fsp3) is 0.625. The van der Waals surface area contributed by atoms with Crippen LogP contribution < -0.4 is 0 Å². The van der Waals surface area contributed by atoms with Crippen LogP contribution in [0.15, 0.2) is 24.3 Å². The van der Waals surface area contributed by atoms with E-state index in [1.807, 2.05) is 0 Å². The lowest BCUT2D eigenvalue weighted by atomic mass is 9.86. The van der Waals surface area contributed by atoms with E-state index in [-0.39, 0.29) is 11.5 Å². The van der Waals surface area contributed by atoms with E-state index >= 15 is 0 Å². The third kappa shape index (κ3) is 3.30. The lowest BCUT2D eigenvalue weighted by Gasteiger charge is -2.28. The molecule has 1 aliphatic rings. The van der Waals surface area contributed by atoms with Crippen molar-refractivity contribution in [2.24, 2.45) is 0 Å². The highest BCUT2D eigenvalue weighted by molar-refractivity contribution is 7.86. The molecule has 1 aromatic rings. The second kappa shape index (κ2) is 5.71. The molecule has 0 saturated carbocycles. The zero-order chi connectivity index (χ0) is 15.8. The van der Waals surface area contributed by atoms with Crippen LogP contribution >= 0.6 is 0 Å². The first-order chi connectivity index (χ1) is 9.64. The predicted molar refractivity (Wildman–Crippen MR) is 86.4 cm³/mol. The standard InChI is InChI=1S/C16H26N2O2S/c1-16(2,3)14-10-8-13(9-11-14)15-7-6-12-18(15)21(19,20)17(4)5/h8-11,15H,6-7,12H2,1-5H3. The number of hydrogen-bond acceptors (Lipinski definition) is 2. The second-order valence-corrected chi connectivity index (χ2v) is 9.03. The molecule has 1 unspecified atom stereocenters. The molecule has 0 bridgehead atoms. The maximum Gasteiger partial charge on any atom is 0.282 e. The quantitative estimate of drug-likeness (QED) is 0.861. The van der Waals surface area contributed by atoms with Crippen LogP contribution in [-0.2, 0) is 15.6 Å². The van der Waals surface area contributed by atoms with Gasteiger partial charge in [-0.3, -0.25) is 0 Å². The molecular formula is C16H26N2O2S. The summed E-state index contributed by atoms with van der Waals surface area (Å²) in [5.41, 5.74) is 2.47. The van der Waals surface area contributed by atoms with Crippen molar-refractivity contribution >= 4 is 10.2 Å². The van der Waals surface area contributed by atoms with E-state index in [0.29, 0.717) is 6.54 Å². The lowest BCUT2D eigenvalue weighted by molar-refractivity contribution is 0.362. The van der Waals surface area contributed by atoms with Crippen LogP contribution in [-0.4, -0.2) is 37.7 Å². The van der Waals surface area contributed by atoms with E-state index in [1.54, 1.807) is 18.4 Å². The van der Waals surface area contributed by atoms with Gasteiger partial charge in [-0.2, -0.15) is 17.0 Å². The maximum absolute atomic E-state index is 12.4. The predicted octanol–water partition coefficient (Wildman–Crippen LogP) is 2.93. The minimum Gasteiger partial charge on any atom is -0.195 e. The molecular weight excluding hydrogens is 284 g/mol. The molecule has 0 aliphatic carbocycles. The topological polar surface area (TPSA) is 40.6 Å². The first-order valence-corrected chi connectivity index (χ1v) is 8.83. The van der Waals surface area contributed by atoms with Crippen molar-refractivity contribution in [2.45, 2.75) is 45.1 Å². The number of hydrogen-bond donors (Lipinski definition) is 0. The first-order valence-electron chi connectivity index (χ1n) is 7.44. The van der Waals surface area contributed by atoms with Crippen molar-refractivity contribution in [3.63, 3.8) is 0 Å². The van der Waals surface area contributed by atoms with Gasteiger partial charge < -0.3 is 0 Å². The highest BCUT2D eigenvalue weighted by Gasteiger charge is 2.36. The Labute approximate surface area is 128 Å². The summed E-state index contributed by atoms with van der Waals surface area (Å²) in [7, 11) is -0.164. The fourth-order valence-corrected chi connectivity index (χ4v) is 4.09. The van der Waals surface area contributed by atoms with Crippen molar-refractivity contribution in [2.75, 3.05) is 20.6 Å². The van der Waals surface area contributed by atoms with Gasteiger partial charge in [-0.25, -0.2) is 0 Å². The van der Waals surface area contributed by atoms with Crippen LogP contribution in [0.1, 0.15) is 50.8 Å². The molecule has 0 radical (unpaired) electrons. The van der Waals surface area contributed by atoms with Crippen LogP contribution in [0.2, 0.25) is 0 Å². The van der Waals surface area contributed by atoms with Gasteiger partial charge in [0, 0.05) is 20.6 Å². The maximum atomic E-state index is 12.4. The number of benzene rings is 1. The van der Waals surface area contributed by atoms with E-state index in [2.05, 4.69) is 45.0 Å².